The van der Waals surface area contributed by atoms with Gasteiger partial charge in [0.2, 0.25) is 5.91 Å². The Labute approximate surface area is 195 Å². The van der Waals surface area contributed by atoms with Gasteiger partial charge in [0.05, 0.1) is 13.0 Å². The molecule has 1 atom stereocenters. The van der Waals surface area contributed by atoms with Crippen molar-refractivity contribution in [1.82, 2.24) is 10.2 Å². The van der Waals surface area contributed by atoms with Gasteiger partial charge >= 0.3 is 5.97 Å². The second-order valence-electron chi connectivity index (χ2n) is 8.09. The molecule has 3 rings (SSSR count). The van der Waals surface area contributed by atoms with Gasteiger partial charge in [-0.05, 0) is 36.2 Å². The average Bonchev–Trinajstić information content (AvgIpc) is 2.84. The minimum atomic E-state index is -0.899. The van der Waals surface area contributed by atoms with Crippen LogP contribution in [0, 0.1) is 0 Å². The second kappa shape index (κ2) is 12.6. The predicted octanol–water partition coefficient (Wildman–Crippen LogP) is 3.72. The largest absolute Gasteiger partial charge is 0.494 e. The van der Waals surface area contributed by atoms with E-state index in [0.29, 0.717) is 31.0 Å². The van der Waals surface area contributed by atoms with Crippen LogP contribution in [0.2, 0.25) is 0 Å². The second-order valence-corrected chi connectivity index (χ2v) is 8.09. The van der Waals surface area contributed by atoms with Gasteiger partial charge in [-0.25, -0.2) is 0 Å². The third-order valence-electron chi connectivity index (χ3n) is 5.56. The van der Waals surface area contributed by atoms with Gasteiger partial charge in [0.1, 0.15) is 18.4 Å². The first-order chi connectivity index (χ1) is 16.1. The van der Waals surface area contributed by atoms with E-state index in [9.17, 15) is 14.4 Å². The Bertz CT molecular complexity index is 914. The first kappa shape index (κ1) is 24.3. The van der Waals surface area contributed by atoms with Crippen molar-refractivity contribution in [3.05, 3.63) is 65.7 Å². The minimum Gasteiger partial charge on any atom is -0.494 e. The first-order valence-electron chi connectivity index (χ1n) is 11.6. The maximum Gasteiger partial charge on any atom is 0.308 e. The van der Waals surface area contributed by atoms with Gasteiger partial charge in [0.15, 0.2) is 0 Å². The van der Waals surface area contributed by atoms with Crippen molar-refractivity contribution in [3.8, 4) is 5.75 Å². The molecule has 1 aliphatic rings. The molecule has 0 spiro atoms. The van der Waals surface area contributed by atoms with E-state index in [1.807, 2.05) is 30.3 Å². The fraction of sp³-hybridized carbons (Fsp3) is 0.423. The molecule has 2 amide bonds. The normalized spacial score (nSPS) is 15.6. The summed E-state index contributed by atoms with van der Waals surface area (Å²) in [6.07, 6.45) is 4.32. The van der Waals surface area contributed by atoms with Gasteiger partial charge in [-0.3, -0.25) is 14.4 Å². The van der Waals surface area contributed by atoms with Crippen LogP contribution in [0.4, 0.5) is 0 Å². The Hall–Kier alpha value is -3.35. The molecule has 0 bridgehead atoms. The lowest BCUT2D eigenvalue weighted by Crippen LogP contribution is -2.57. The van der Waals surface area contributed by atoms with Crippen LogP contribution in [0.3, 0.4) is 0 Å². The summed E-state index contributed by atoms with van der Waals surface area (Å²) in [5.41, 5.74) is 1.31. The molecule has 0 saturated carbocycles. The van der Waals surface area contributed by atoms with Crippen LogP contribution in [0.1, 0.15) is 54.9 Å². The molecule has 176 valence electrons. The maximum absolute atomic E-state index is 13.1. The van der Waals surface area contributed by atoms with E-state index in [0.717, 1.165) is 18.4 Å². The Kier molecular flexibility index (Phi) is 9.30. The summed E-state index contributed by atoms with van der Waals surface area (Å²) in [5.74, 6) is -0.454. The van der Waals surface area contributed by atoms with Crippen molar-refractivity contribution in [2.24, 2.45) is 0 Å². The number of benzene rings is 2. The average molecular weight is 453 g/mol. The summed E-state index contributed by atoms with van der Waals surface area (Å²) < 4.78 is 11.1. The molecule has 1 saturated heterocycles. The van der Waals surface area contributed by atoms with Gasteiger partial charge in [-0.1, -0.05) is 56.5 Å². The fourth-order valence-electron chi connectivity index (χ4n) is 3.69. The van der Waals surface area contributed by atoms with Gasteiger partial charge in [-0.15, -0.1) is 0 Å². The molecule has 0 radical (unpaired) electrons. The van der Waals surface area contributed by atoms with Crippen molar-refractivity contribution in [2.45, 2.75) is 51.7 Å². The molecule has 2 aromatic carbocycles. The van der Waals surface area contributed by atoms with E-state index in [4.69, 9.17) is 9.47 Å². The van der Waals surface area contributed by atoms with Crippen molar-refractivity contribution < 1.29 is 23.9 Å². The smallest absolute Gasteiger partial charge is 0.308 e. The molecule has 1 heterocycles. The minimum absolute atomic E-state index is 0.127. The van der Waals surface area contributed by atoms with E-state index < -0.39 is 12.0 Å². The quantitative estimate of drug-likeness (QED) is 0.415. The topological polar surface area (TPSA) is 84.9 Å². The van der Waals surface area contributed by atoms with E-state index >= 15 is 0 Å². The summed E-state index contributed by atoms with van der Waals surface area (Å²) in [6.45, 7) is 3.62. The van der Waals surface area contributed by atoms with E-state index in [2.05, 4.69) is 12.2 Å². The molecule has 1 fully saturated rings. The van der Waals surface area contributed by atoms with Gasteiger partial charge in [0.25, 0.3) is 5.91 Å². The maximum atomic E-state index is 13.1. The van der Waals surface area contributed by atoms with Crippen LogP contribution in [0.15, 0.2) is 54.6 Å². The monoisotopic (exact) mass is 452 g/mol. The van der Waals surface area contributed by atoms with Crippen LogP contribution in [0.5, 0.6) is 5.75 Å². The summed E-state index contributed by atoms with van der Waals surface area (Å²) in [7, 11) is 0. The number of amides is 2. The molecule has 2 aromatic rings. The number of piperazine rings is 1. The molecule has 7 nitrogen and oxygen atoms in total. The SMILES string of the molecule is CCCCCCOc1ccc(C(=O)N2CCNC(=O)C2CC(=O)OCc2ccccc2)cc1. The van der Waals surface area contributed by atoms with Crippen LogP contribution in [0.25, 0.3) is 0 Å². The van der Waals surface area contributed by atoms with Gasteiger partial charge < -0.3 is 19.7 Å². The lowest BCUT2D eigenvalue weighted by molar-refractivity contribution is -0.148. The Morgan fingerprint density at radius 2 is 1.79 bits per heavy atom. The number of carbonyl (C=O) groups is 3. The van der Waals surface area contributed by atoms with Crippen LogP contribution in [-0.2, 0) is 20.9 Å². The molecule has 1 aliphatic heterocycles. The fourth-order valence-corrected chi connectivity index (χ4v) is 3.69. The highest BCUT2D eigenvalue weighted by atomic mass is 16.5. The third kappa shape index (κ3) is 7.34. The number of carbonyl (C=O) groups excluding carboxylic acids is 3. The molecule has 7 heteroatoms. The van der Waals surface area contributed by atoms with Crippen molar-refractivity contribution >= 4 is 17.8 Å². The van der Waals surface area contributed by atoms with Crippen molar-refractivity contribution in [1.29, 1.82) is 0 Å². The van der Waals surface area contributed by atoms with Gasteiger partial charge in [0, 0.05) is 18.7 Å². The van der Waals surface area contributed by atoms with Crippen molar-refractivity contribution in [3.63, 3.8) is 0 Å². The highest BCUT2D eigenvalue weighted by Gasteiger charge is 2.35. The van der Waals surface area contributed by atoms with Gasteiger partial charge in [-0.2, -0.15) is 0 Å². The molecule has 1 unspecified atom stereocenters. The van der Waals surface area contributed by atoms with Crippen LogP contribution in [-0.4, -0.2) is 48.4 Å². The zero-order valence-electron chi connectivity index (χ0n) is 19.1. The Balaban J connectivity index is 1.56. The zero-order valence-corrected chi connectivity index (χ0v) is 19.1. The zero-order chi connectivity index (χ0) is 23.5. The number of ether oxygens (including phenoxy) is 2. The molecular weight excluding hydrogens is 420 g/mol. The van der Waals surface area contributed by atoms with Crippen LogP contribution < -0.4 is 10.1 Å². The lowest BCUT2D eigenvalue weighted by atomic mass is 10.1. The Morgan fingerprint density at radius 1 is 1.03 bits per heavy atom. The number of hydrogen-bond donors (Lipinski definition) is 1. The molecule has 1 N–H and O–H groups in total. The number of hydrogen-bond acceptors (Lipinski definition) is 5. The highest BCUT2D eigenvalue weighted by molar-refractivity contribution is 5.99. The standard InChI is InChI=1S/C26H32N2O5/c1-2-3-4-8-17-32-22-13-11-21(12-14-22)26(31)28-16-15-27-25(30)23(28)18-24(29)33-19-20-9-6-5-7-10-20/h5-7,9-14,23H,2-4,8,15-19H2,1H3,(H,27,30). The number of rotatable bonds is 11. The first-order valence-corrected chi connectivity index (χ1v) is 11.6. The number of nitrogens with zero attached hydrogens (tertiary/aromatic N) is 1. The predicted molar refractivity (Wildman–Crippen MR) is 125 cm³/mol. The van der Waals surface area contributed by atoms with Crippen LogP contribution >= 0.6 is 0 Å². The highest BCUT2D eigenvalue weighted by Crippen LogP contribution is 2.18. The lowest BCUT2D eigenvalue weighted by Gasteiger charge is -2.34. The van der Waals surface area contributed by atoms with E-state index in [1.165, 1.54) is 17.7 Å². The van der Waals surface area contributed by atoms with Crippen molar-refractivity contribution in [2.75, 3.05) is 19.7 Å². The molecular formula is C26H32N2O5. The summed E-state index contributed by atoms with van der Waals surface area (Å²) in [6, 6.07) is 15.3. The number of nitrogens with one attached hydrogen (secondary N) is 1. The van der Waals surface area contributed by atoms with E-state index in [-0.39, 0.29) is 24.8 Å². The number of esters is 1. The summed E-state index contributed by atoms with van der Waals surface area (Å²) >= 11 is 0. The van der Waals surface area contributed by atoms with E-state index in [1.54, 1.807) is 24.3 Å². The number of unbranched alkanes of at least 4 members (excludes halogenated alkanes) is 3. The molecule has 0 aromatic heterocycles. The summed E-state index contributed by atoms with van der Waals surface area (Å²) in [5, 5.41) is 2.73. The third-order valence-corrected chi connectivity index (χ3v) is 5.56. The summed E-state index contributed by atoms with van der Waals surface area (Å²) in [4.78, 5) is 39.4. The Morgan fingerprint density at radius 3 is 2.52 bits per heavy atom. The molecule has 33 heavy (non-hydrogen) atoms. The molecule has 0 aliphatic carbocycles.